The van der Waals surface area contributed by atoms with Gasteiger partial charge in [-0.25, -0.2) is 4.79 Å². The average Bonchev–Trinajstić information content (AvgIpc) is 2.96. The van der Waals surface area contributed by atoms with E-state index in [1.54, 1.807) is 49.9 Å². The van der Waals surface area contributed by atoms with Gasteiger partial charge in [0.1, 0.15) is 23.4 Å². The average molecular weight is 622 g/mol. The minimum absolute atomic E-state index is 0.0656. The van der Waals surface area contributed by atoms with Crippen molar-refractivity contribution in [3.8, 4) is 5.75 Å². The van der Waals surface area contributed by atoms with Crippen molar-refractivity contribution in [2.45, 2.75) is 137 Å². The van der Waals surface area contributed by atoms with Gasteiger partial charge in [0, 0.05) is 18.5 Å². The van der Waals surface area contributed by atoms with E-state index in [0.717, 1.165) is 54.4 Å². The lowest BCUT2D eigenvalue weighted by Gasteiger charge is -2.39. The van der Waals surface area contributed by atoms with Gasteiger partial charge < -0.3 is 25.4 Å². The molecule has 3 rings (SSSR count). The lowest BCUT2D eigenvalue weighted by atomic mass is 9.92. The maximum absolute atomic E-state index is 14.9. The molecule has 248 valence electrons. The van der Waals surface area contributed by atoms with Crippen LogP contribution < -0.4 is 10.6 Å². The Morgan fingerprint density at radius 3 is 2.16 bits per heavy atom. The van der Waals surface area contributed by atoms with Gasteiger partial charge in [0.05, 0.1) is 0 Å². The molecule has 0 saturated heterocycles. The predicted octanol–water partition coefficient (Wildman–Crippen LogP) is 7.29. The normalized spacial score (nSPS) is 16.0. The van der Waals surface area contributed by atoms with Crippen LogP contribution in [-0.2, 0) is 20.7 Å². The number of hydrogen-bond acceptors (Lipinski definition) is 5. The summed E-state index contributed by atoms with van der Waals surface area (Å²) in [5.41, 5.74) is 2.89. The Kier molecular flexibility index (Phi) is 12.9. The number of rotatable bonds is 12. The van der Waals surface area contributed by atoms with Crippen LogP contribution in [0.2, 0.25) is 0 Å². The summed E-state index contributed by atoms with van der Waals surface area (Å²) in [6.07, 6.45) is 6.18. The third kappa shape index (κ3) is 11.1. The van der Waals surface area contributed by atoms with Gasteiger partial charge in [-0.15, -0.1) is 0 Å². The lowest BCUT2D eigenvalue weighted by molar-refractivity contribution is -0.145. The number of nitrogens with one attached hydrogen (secondary N) is 2. The van der Waals surface area contributed by atoms with Crippen LogP contribution in [0.5, 0.6) is 5.75 Å². The zero-order valence-corrected chi connectivity index (χ0v) is 28.6. The molecule has 8 nitrogen and oxygen atoms in total. The third-order valence-electron chi connectivity index (χ3n) is 8.58. The van der Waals surface area contributed by atoms with Crippen molar-refractivity contribution >= 4 is 17.9 Å². The molecule has 1 aliphatic rings. The van der Waals surface area contributed by atoms with E-state index in [-0.39, 0.29) is 36.1 Å². The number of phenols is 1. The molecular weight excluding hydrogens is 566 g/mol. The highest BCUT2D eigenvalue weighted by Gasteiger charge is 2.39. The Bertz CT molecular complexity index is 1280. The molecule has 3 N–H and O–H groups in total. The molecule has 3 unspecified atom stereocenters. The Morgan fingerprint density at radius 1 is 0.933 bits per heavy atom. The summed E-state index contributed by atoms with van der Waals surface area (Å²) in [4.78, 5) is 44.1. The van der Waals surface area contributed by atoms with E-state index in [0.29, 0.717) is 12.3 Å². The molecule has 0 aliphatic heterocycles. The highest BCUT2D eigenvalue weighted by Crippen LogP contribution is 2.30. The van der Waals surface area contributed by atoms with E-state index in [2.05, 4.69) is 24.5 Å². The van der Waals surface area contributed by atoms with Crippen molar-refractivity contribution in [3.63, 3.8) is 0 Å². The number of aromatic hydroxyl groups is 1. The molecule has 3 atom stereocenters. The Balaban J connectivity index is 2.11. The van der Waals surface area contributed by atoms with Crippen LogP contribution in [0.1, 0.15) is 115 Å². The molecule has 1 aliphatic carbocycles. The van der Waals surface area contributed by atoms with Crippen LogP contribution in [-0.4, -0.2) is 51.6 Å². The SMILES string of the molecule is Cc1ccc(C(C(=O)NC2CCCCC2)N(C(=O)C(Cc2ccc(O)cc2)NC(=O)OC(C)(C)C)C(C)CCC(C)C)cc1C. The fourth-order valence-electron chi connectivity index (χ4n) is 5.91. The van der Waals surface area contributed by atoms with E-state index >= 15 is 0 Å². The Hall–Kier alpha value is -3.55. The molecule has 0 aromatic heterocycles. The van der Waals surface area contributed by atoms with Crippen molar-refractivity contribution in [1.82, 2.24) is 15.5 Å². The molecule has 45 heavy (non-hydrogen) atoms. The summed E-state index contributed by atoms with van der Waals surface area (Å²) >= 11 is 0. The van der Waals surface area contributed by atoms with Gasteiger partial charge in [0.15, 0.2) is 0 Å². The van der Waals surface area contributed by atoms with E-state index < -0.39 is 23.8 Å². The van der Waals surface area contributed by atoms with Gasteiger partial charge >= 0.3 is 6.09 Å². The molecule has 3 amide bonds. The summed E-state index contributed by atoms with van der Waals surface area (Å²) < 4.78 is 5.58. The van der Waals surface area contributed by atoms with Gasteiger partial charge in [-0.1, -0.05) is 63.4 Å². The van der Waals surface area contributed by atoms with Crippen molar-refractivity contribution in [2.24, 2.45) is 5.92 Å². The van der Waals surface area contributed by atoms with E-state index in [4.69, 9.17) is 4.74 Å². The summed E-state index contributed by atoms with van der Waals surface area (Å²) in [5.74, 6) is -0.0316. The van der Waals surface area contributed by atoms with Crippen LogP contribution in [0.25, 0.3) is 0 Å². The quantitative estimate of drug-likeness (QED) is 0.231. The number of ether oxygens (including phenoxy) is 1. The number of carbonyl (C=O) groups is 3. The molecule has 0 heterocycles. The molecule has 2 aromatic carbocycles. The zero-order chi connectivity index (χ0) is 33.3. The first-order valence-electron chi connectivity index (χ1n) is 16.6. The number of carbonyl (C=O) groups excluding carboxylic acids is 3. The van der Waals surface area contributed by atoms with Crippen molar-refractivity contribution in [3.05, 3.63) is 64.7 Å². The maximum atomic E-state index is 14.9. The Morgan fingerprint density at radius 2 is 1.58 bits per heavy atom. The zero-order valence-electron chi connectivity index (χ0n) is 28.6. The number of alkyl carbamates (subject to hydrolysis) is 1. The standard InChI is InChI=1S/C37H55N3O5/c1-24(2)14-16-27(5)40(33(29-19-15-25(3)26(4)22-29)34(42)38-30-12-10-9-11-13-30)35(43)32(39-36(44)45-37(6,7)8)23-28-17-20-31(41)21-18-28/h15,17-22,24,27,30,32-33,41H,9-14,16,23H2,1-8H3,(H,38,42)(H,39,44). The van der Waals surface area contributed by atoms with Crippen LogP contribution in [0, 0.1) is 19.8 Å². The van der Waals surface area contributed by atoms with Crippen LogP contribution in [0.4, 0.5) is 4.79 Å². The minimum Gasteiger partial charge on any atom is -0.508 e. The van der Waals surface area contributed by atoms with E-state index in [1.807, 2.05) is 39.0 Å². The smallest absolute Gasteiger partial charge is 0.408 e. The number of benzene rings is 2. The number of nitrogens with zero attached hydrogens (tertiary/aromatic N) is 1. The number of amides is 3. The fraction of sp³-hybridized carbons (Fsp3) is 0.595. The summed E-state index contributed by atoms with van der Waals surface area (Å²) in [5, 5.41) is 16.0. The second kappa shape index (κ2) is 16.1. The van der Waals surface area contributed by atoms with E-state index in [9.17, 15) is 19.5 Å². The minimum atomic E-state index is -1.01. The first-order chi connectivity index (χ1) is 21.1. The van der Waals surface area contributed by atoms with Gasteiger partial charge in [-0.05, 0) is 108 Å². The molecule has 0 radical (unpaired) electrons. The van der Waals surface area contributed by atoms with Crippen molar-refractivity contribution in [2.75, 3.05) is 0 Å². The topological polar surface area (TPSA) is 108 Å². The van der Waals surface area contributed by atoms with Crippen LogP contribution in [0.15, 0.2) is 42.5 Å². The largest absolute Gasteiger partial charge is 0.508 e. The summed E-state index contributed by atoms with van der Waals surface area (Å²) in [7, 11) is 0. The predicted molar refractivity (Wildman–Crippen MR) is 179 cm³/mol. The third-order valence-corrected chi connectivity index (χ3v) is 8.58. The van der Waals surface area contributed by atoms with E-state index in [1.165, 1.54) is 6.42 Å². The van der Waals surface area contributed by atoms with Crippen molar-refractivity contribution < 1.29 is 24.2 Å². The highest BCUT2D eigenvalue weighted by atomic mass is 16.6. The Labute approximate surface area is 270 Å². The first-order valence-corrected chi connectivity index (χ1v) is 16.6. The molecular formula is C37H55N3O5. The summed E-state index contributed by atoms with van der Waals surface area (Å²) in [6, 6.07) is 10.4. The monoisotopic (exact) mass is 621 g/mol. The second-order valence-electron chi connectivity index (χ2n) is 14.2. The van der Waals surface area contributed by atoms with Gasteiger partial charge in [-0.3, -0.25) is 9.59 Å². The van der Waals surface area contributed by atoms with Gasteiger partial charge in [0.25, 0.3) is 0 Å². The van der Waals surface area contributed by atoms with Gasteiger partial charge in [0.2, 0.25) is 11.8 Å². The molecule has 1 fully saturated rings. The van der Waals surface area contributed by atoms with Gasteiger partial charge in [-0.2, -0.15) is 0 Å². The van der Waals surface area contributed by atoms with Crippen molar-refractivity contribution in [1.29, 1.82) is 0 Å². The number of phenolic OH excluding ortho intramolecular Hbond substituents is 1. The molecule has 0 bridgehead atoms. The molecule has 1 saturated carbocycles. The first kappa shape index (κ1) is 35.9. The second-order valence-corrected chi connectivity index (χ2v) is 14.2. The summed E-state index contributed by atoms with van der Waals surface area (Å²) in [6.45, 7) is 15.6. The van der Waals surface area contributed by atoms with Crippen LogP contribution >= 0.6 is 0 Å². The highest BCUT2D eigenvalue weighted by molar-refractivity contribution is 5.92. The van der Waals surface area contributed by atoms with Crippen LogP contribution in [0.3, 0.4) is 0 Å². The number of aryl methyl sites for hydroxylation is 2. The maximum Gasteiger partial charge on any atom is 0.408 e. The molecule has 0 spiro atoms. The number of hydrogen-bond donors (Lipinski definition) is 3. The molecule has 2 aromatic rings. The fourth-order valence-corrected chi connectivity index (χ4v) is 5.91. The lowest BCUT2D eigenvalue weighted by Crippen LogP contribution is -2.57. The molecule has 8 heteroatoms.